The van der Waals surface area contributed by atoms with Crippen LogP contribution in [0.3, 0.4) is 0 Å². The summed E-state index contributed by atoms with van der Waals surface area (Å²) < 4.78 is 25.7. The van der Waals surface area contributed by atoms with E-state index in [1.807, 2.05) is 23.1 Å². The number of benzene rings is 2. The maximum atomic E-state index is 14.8. The molecule has 1 spiro atoms. The highest BCUT2D eigenvalue weighted by molar-refractivity contribution is 5.94. The van der Waals surface area contributed by atoms with Crippen molar-refractivity contribution in [2.75, 3.05) is 26.7 Å². The van der Waals surface area contributed by atoms with E-state index in [-0.39, 0.29) is 23.7 Å². The van der Waals surface area contributed by atoms with Crippen LogP contribution in [0, 0.1) is 11.7 Å². The number of esters is 2. The Kier molecular flexibility index (Phi) is 6.24. The van der Waals surface area contributed by atoms with Crippen LogP contribution in [0.1, 0.15) is 55.0 Å². The highest BCUT2D eigenvalue weighted by atomic mass is 19.1. The van der Waals surface area contributed by atoms with Crippen LogP contribution in [0.15, 0.2) is 42.5 Å². The number of fused-ring (bicyclic) bond motifs is 4. The van der Waals surface area contributed by atoms with E-state index >= 15 is 0 Å². The Hall–Kier alpha value is -3.23. The van der Waals surface area contributed by atoms with Gasteiger partial charge in [0.1, 0.15) is 11.6 Å². The molecule has 2 aromatic carbocycles. The maximum absolute atomic E-state index is 14.8. The number of nitrogens with zero attached hydrogens (tertiary/aromatic N) is 1. The fourth-order valence-corrected chi connectivity index (χ4v) is 6.30. The molecule has 1 unspecified atom stereocenters. The third kappa shape index (κ3) is 4.22. The molecule has 1 saturated carbocycles. The Labute approximate surface area is 215 Å². The molecule has 1 aliphatic carbocycles. The van der Waals surface area contributed by atoms with Gasteiger partial charge in [-0.2, -0.15) is 0 Å². The summed E-state index contributed by atoms with van der Waals surface area (Å²) in [7, 11) is 1.63. The highest BCUT2D eigenvalue weighted by Crippen LogP contribution is 2.49. The summed E-state index contributed by atoms with van der Waals surface area (Å²) in [6, 6.07) is 11.7. The van der Waals surface area contributed by atoms with Gasteiger partial charge in [0.2, 0.25) is 0 Å². The van der Waals surface area contributed by atoms with Crippen molar-refractivity contribution in [2.45, 2.75) is 50.1 Å². The standard InChI is InChI=1S/C29H32FN3O4/c1-36-20-9-10-21-23(15-20)32-25-24(21)29(11-13-31-14-12-29)17-33(16-19-5-2-3-8-22(19)30)26(25)28(35)37-27(34)18-6-4-7-18/h2-3,5,8-10,15,18,26,31-32H,4,6-7,11-14,16-17H2,1H3. The number of carbonyl (C=O) groups excluding carboxylic acids is 2. The summed E-state index contributed by atoms with van der Waals surface area (Å²) in [6.45, 7) is 2.50. The maximum Gasteiger partial charge on any atom is 0.337 e. The third-order valence-electron chi connectivity index (χ3n) is 8.46. The van der Waals surface area contributed by atoms with E-state index in [1.54, 1.807) is 25.3 Å². The first kappa shape index (κ1) is 24.1. The van der Waals surface area contributed by atoms with Crippen LogP contribution in [-0.4, -0.2) is 48.6 Å². The number of hydrogen-bond acceptors (Lipinski definition) is 6. The van der Waals surface area contributed by atoms with Gasteiger partial charge in [-0.1, -0.05) is 24.6 Å². The molecular formula is C29H32FN3O4. The number of aromatic amines is 1. The summed E-state index contributed by atoms with van der Waals surface area (Å²) in [5.41, 5.74) is 3.00. The van der Waals surface area contributed by atoms with Crippen LogP contribution in [-0.2, 0) is 26.3 Å². The zero-order valence-electron chi connectivity index (χ0n) is 21.0. The van der Waals surface area contributed by atoms with Crippen molar-refractivity contribution in [3.63, 3.8) is 0 Å². The molecule has 37 heavy (non-hydrogen) atoms. The van der Waals surface area contributed by atoms with Crippen molar-refractivity contribution in [1.29, 1.82) is 0 Å². The minimum atomic E-state index is -0.850. The fourth-order valence-electron chi connectivity index (χ4n) is 6.30. The zero-order valence-corrected chi connectivity index (χ0v) is 21.0. The van der Waals surface area contributed by atoms with E-state index in [2.05, 4.69) is 10.3 Å². The minimum absolute atomic E-state index is 0.213. The smallest absolute Gasteiger partial charge is 0.337 e. The number of methoxy groups -OCH3 is 1. The molecule has 3 heterocycles. The molecule has 1 atom stereocenters. The largest absolute Gasteiger partial charge is 0.497 e. The first-order chi connectivity index (χ1) is 18.0. The van der Waals surface area contributed by atoms with Gasteiger partial charge >= 0.3 is 11.9 Å². The predicted octanol–water partition coefficient (Wildman–Crippen LogP) is 4.36. The highest BCUT2D eigenvalue weighted by Gasteiger charge is 2.49. The first-order valence-electron chi connectivity index (χ1n) is 13.1. The van der Waals surface area contributed by atoms with E-state index in [0.717, 1.165) is 67.4 Å². The Bertz CT molecular complexity index is 1340. The van der Waals surface area contributed by atoms with Crippen molar-refractivity contribution in [1.82, 2.24) is 15.2 Å². The topological polar surface area (TPSA) is 83.7 Å². The second-order valence-electron chi connectivity index (χ2n) is 10.6. The summed E-state index contributed by atoms with van der Waals surface area (Å²) in [5, 5.41) is 4.51. The molecule has 0 radical (unpaired) electrons. The quantitative estimate of drug-likeness (QED) is 0.396. The molecule has 0 bridgehead atoms. The number of piperidine rings is 1. The number of H-pyrrole nitrogens is 1. The molecule has 3 aromatic rings. The molecule has 3 aliphatic rings. The van der Waals surface area contributed by atoms with Gasteiger partial charge in [0, 0.05) is 46.7 Å². The molecule has 2 N–H and O–H groups in total. The normalized spacial score (nSPS) is 21.4. The molecule has 194 valence electrons. The molecule has 8 heteroatoms. The van der Waals surface area contributed by atoms with Gasteiger partial charge in [0.25, 0.3) is 0 Å². The molecule has 2 fully saturated rings. The Morgan fingerprint density at radius 1 is 1.11 bits per heavy atom. The SMILES string of the molecule is COc1ccc2c3c([nH]c2c1)C(C(=O)OC(=O)C1CCC1)N(Cc1ccccc1F)CC31CCNCC1. The molecule has 0 amide bonds. The number of aromatic nitrogens is 1. The average Bonchev–Trinajstić information content (AvgIpc) is 3.24. The van der Waals surface area contributed by atoms with Gasteiger partial charge in [-0.3, -0.25) is 9.69 Å². The van der Waals surface area contributed by atoms with Crippen molar-refractivity contribution < 1.29 is 23.5 Å². The Balaban J connectivity index is 1.48. The van der Waals surface area contributed by atoms with Crippen LogP contribution >= 0.6 is 0 Å². The van der Waals surface area contributed by atoms with Crippen molar-refractivity contribution in [3.05, 3.63) is 65.1 Å². The van der Waals surface area contributed by atoms with Gasteiger partial charge in [0.05, 0.1) is 13.0 Å². The fraction of sp³-hybridized carbons (Fsp3) is 0.448. The average molecular weight is 506 g/mol. The van der Waals surface area contributed by atoms with E-state index in [9.17, 15) is 14.0 Å². The van der Waals surface area contributed by atoms with Crippen LogP contribution in [0.2, 0.25) is 0 Å². The number of hydrogen-bond donors (Lipinski definition) is 2. The third-order valence-corrected chi connectivity index (χ3v) is 8.46. The number of rotatable bonds is 5. The summed E-state index contributed by atoms with van der Waals surface area (Å²) in [6.07, 6.45) is 4.25. The van der Waals surface area contributed by atoms with E-state index in [1.165, 1.54) is 6.07 Å². The molecule has 6 rings (SSSR count). The molecule has 7 nitrogen and oxygen atoms in total. The van der Waals surface area contributed by atoms with Gasteiger partial charge < -0.3 is 19.8 Å². The number of nitrogens with one attached hydrogen (secondary N) is 2. The lowest BCUT2D eigenvalue weighted by Gasteiger charge is -2.48. The predicted molar refractivity (Wildman–Crippen MR) is 137 cm³/mol. The lowest BCUT2D eigenvalue weighted by Crippen LogP contribution is -2.54. The molecule has 1 aromatic heterocycles. The second kappa shape index (κ2) is 9.58. The van der Waals surface area contributed by atoms with Crippen LogP contribution in [0.4, 0.5) is 4.39 Å². The van der Waals surface area contributed by atoms with Crippen molar-refractivity contribution in [2.24, 2.45) is 5.92 Å². The van der Waals surface area contributed by atoms with Gasteiger partial charge in [-0.15, -0.1) is 0 Å². The first-order valence-corrected chi connectivity index (χ1v) is 13.1. The number of carbonyl (C=O) groups is 2. The van der Waals surface area contributed by atoms with Gasteiger partial charge in [-0.25, -0.2) is 9.18 Å². The van der Waals surface area contributed by atoms with E-state index < -0.39 is 18.0 Å². The second-order valence-corrected chi connectivity index (χ2v) is 10.6. The van der Waals surface area contributed by atoms with E-state index in [4.69, 9.17) is 9.47 Å². The Morgan fingerprint density at radius 2 is 1.89 bits per heavy atom. The van der Waals surface area contributed by atoms with Crippen molar-refractivity contribution in [3.8, 4) is 5.75 Å². The summed E-state index contributed by atoms with van der Waals surface area (Å²) in [4.78, 5) is 31.9. The summed E-state index contributed by atoms with van der Waals surface area (Å²) >= 11 is 0. The number of ether oxygens (including phenoxy) is 2. The monoisotopic (exact) mass is 505 g/mol. The lowest BCUT2D eigenvalue weighted by molar-refractivity contribution is -0.169. The van der Waals surface area contributed by atoms with Crippen LogP contribution in [0.5, 0.6) is 5.75 Å². The minimum Gasteiger partial charge on any atom is -0.497 e. The van der Waals surface area contributed by atoms with Crippen LogP contribution < -0.4 is 10.1 Å². The lowest BCUT2D eigenvalue weighted by atomic mass is 9.68. The van der Waals surface area contributed by atoms with Crippen LogP contribution in [0.25, 0.3) is 10.9 Å². The zero-order chi connectivity index (χ0) is 25.6. The van der Waals surface area contributed by atoms with Gasteiger partial charge in [-0.05, 0) is 62.5 Å². The molecule has 2 aliphatic heterocycles. The summed E-state index contributed by atoms with van der Waals surface area (Å²) in [5.74, 6) is -0.866. The molecule has 1 saturated heterocycles. The van der Waals surface area contributed by atoms with E-state index in [0.29, 0.717) is 17.9 Å². The Morgan fingerprint density at radius 3 is 2.59 bits per heavy atom. The number of halogens is 1. The molecular weight excluding hydrogens is 473 g/mol. The van der Waals surface area contributed by atoms with Crippen molar-refractivity contribution >= 4 is 22.8 Å². The van der Waals surface area contributed by atoms with Gasteiger partial charge in [0.15, 0.2) is 6.04 Å².